The SMILES string of the molecule is C=C/C(=C\C)[C@H]1C=Nc2c(c3ccccc3c3ccccc23)-c2ccccc21. The topological polar surface area (TPSA) is 12.4 Å². The minimum atomic E-state index is 0.101. The van der Waals surface area contributed by atoms with Crippen LogP contribution in [0.25, 0.3) is 32.7 Å². The largest absolute Gasteiger partial charge is 0.259 e. The number of benzene rings is 4. The molecule has 28 heavy (non-hydrogen) atoms. The molecule has 0 unspecified atom stereocenters. The van der Waals surface area contributed by atoms with Gasteiger partial charge >= 0.3 is 0 Å². The fourth-order valence-corrected chi connectivity index (χ4v) is 4.44. The van der Waals surface area contributed by atoms with Crippen LogP contribution in [-0.2, 0) is 0 Å². The monoisotopic (exact) mass is 359 g/mol. The summed E-state index contributed by atoms with van der Waals surface area (Å²) in [5.74, 6) is 0.101. The van der Waals surface area contributed by atoms with Gasteiger partial charge in [-0.25, -0.2) is 0 Å². The maximum Gasteiger partial charge on any atom is 0.0789 e. The third-order valence-corrected chi connectivity index (χ3v) is 5.75. The second-order valence-electron chi connectivity index (χ2n) is 7.15. The van der Waals surface area contributed by atoms with Gasteiger partial charge in [0.15, 0.2) is 0 Å². The molecule has 1 aliphatic heterocycles. The Kier molecular flexibility index (Phi) is 3.95. The highest BCUT2D eigenvalue weighted by Gasteiger charge is 2.24. The molecule has 0 saturated carbocycles. The van der Waals surface area contributed by atoms with E-state index >= 15 is 0 Å². The van der Waals surface area contributed by atoms with Gasteiger partial charge in [-0.3, -0.25) is 4.99 Å². The summed E-state index contributed by atoms with van der Waals surface area (Å²) in [6, 6.07) is 25.9. The quantitative estimate of drug-likeness (QED) is 0.258. The Balaban J connectivity index is 1.99. The van der Waals surface area contributed by atoms with Crippen molar-refractivity contribution in [2.75, 3.05) is 0 Å². The van der Waals surface area contributed by atoms with Crippen LogP contribution < -0.4 is 0 Å². The van der Waals surface area contributed by atoms with Crippen LogP contribution in [0.3, 0.4) is 0 Å². The van der Waals surface area contributed by atoms with Crippen molar-refractivity contribution >= 4 is 33.4 Å². The molecular formula is C27H21N. The number of aliphatic imine (C=N–C) groups is 1. The van der Waals surface area contributed by atoms with Gasteiger partial charge in [0.05, 0.1) is 5.69 Å². The summed E-state index contributed by atoms with van der Waals surface area (Å²) in [5, 5.41) is 4.97. The molecule has 1 heteroatoms. The molecule has 0 fully saturated rings. The number of hydrogen-bond acceptors (Lipinski definition) is 1. The third-order valence-electron chi connectivity index (χ3n) is 5.75. The molecule has 5 rings (SSSR count). The Bertz CT molecular complexity index is 1290. The van der Waals surface area contributed by atoms with Crippen LogP contribution in [0.2, 0.25) is 0 Å². The number of nitrogens with zero attached hydrogens (tertiary/aromatic N) is 1. The number of rotatable bonds is 2. The molecule has 0 aliphatic carbocycles. The molecule has 0 spiro atoms. The standard InChI is InChI=1S/C27H21N/c1-3-18(4-2)25-17-28-27-24-16-10-7-12-20(24)19-11-5-8-14-22(19)26(27)23-15-9-6-13-21(23)25/h3-17,25H,1H2,2H3/b18-4+/t25-/m1/s1. The molecule has 1 atom stereocenters. The lowest BCUT2D eigenvalue weighted by Crippen LogP contribution is -2.03. The number of hydrogen-bond donors (Lipinski definition) is 0. The molecule has 0 radical (unpaired) electrons. The Morgan fingerprint density at radius 2 is 1.43 bits per heavy atom. The van der Waals surface area contributed by atoms with Crippen molar-refractivity contribution in [3.8, 4) is 11.1 Å². The van der Waals surface area contributed by atoms with Crippen LogP contribution in [0.15, 0.2) is 102 Å². The van der Waals surface area contributed by atoms with Crippen molar-refractivity contribution in [3.63, 3.8) is 0 Å². The van der Waals surface area contributed by atoms with Crippen LogP contribution in [0.4, 0.5) is 5.69 Å². The predicted molar refractivity (Wildman–Crippen MR) is 122 cm³/mol. The molecule has 0 saturated heterocycles. The molecular weight excluding hydrogens is 338 g/mol. The summed E-state index contributed by atoms with van der Waals surface area (Å²) in [6.07, 6.45) is 6.16. The third kappa shape index (κ3) is 2.36. The summed E-state index contributed by atoms with van der Waals surface area (Å²) in [6.45, 7) is 6.10. The van der Waals surface area contributed by atoms with Gasteiger partial charge < -0.3 is 0 Å². The minimum absolute atomic E-state index is 0.101. The highest BCUT2D eigenvalue weighted by Crippen LogP contribution is 2.48. The maximum absolute atomic E-state index is 5.06. The first-order chi connectivity index (χ1) is 13.8. The van der Waals surface area contributed by atoms with Crippen molar-refractivity contribution in [2.24, 2.45) is 4.99 Å². The van der Waals surface area contributed by atoms with Gasteiger partial charge in [0.25, 0.3) is 0 Å². The lowest BCUT2D eigenvalue weighted by molar-refractivity contribution is 1.11. The molecule has 0 amide bonds. The van der Waals surface area contributed by atoms with Gasteiger partial charge in [0, 0.05) is 23.1 Å². The first-order valence-corrected chi connectivity index (χ1v) is 9.69. The zero-order valence-electron chi connectivity index (χ0n) is 15.9. The van der Waals surface area contributed by atoms with Crippen molar-refractivity contribution in [2.45, 2.75) is 12.8 Å². The molecule has 0 aromatic heterocycles. The van der Waals surface area contributed by atoms with E-state index in [9.17, 15) is 0 Å². The van der Waals surface area contributed by atoms with Crippen LogP contribution in [-0.4, -0.2) is 6.21 Å². The normalized spacial score (nSPS) is 15.9. The Morgan fingerprint density at radius 3 is 2.14 bits per heavy atom. The van der Waals surface area contributed by atoms with Crippen LogP contribution in [0.1, 0.15) is 18.4 Å². The lowest BCUT2D eigenvalue weighted by Gasteiger charge is -2.18. The molecule has 0 N–H and O–H groups in total. The molecule has 0 bridgehead atoms. The summed E-state index contributed by atoms with van der Waals surface area (Å²) in [7, 11) is 0. The van der Waals surface area contributed by atoms with Gasteiger partial charge in [-0.05, 0) is 39.8 Å². The summed E-state index contributed by atoms with van der Waals surface area (Å²) in [4.78, 5) is 5.06. The van der Waals surface area contributed by atoms with Gasteiger partial charge in [-0.2, -0.15) is 0 Å². The number of fused-ring (bicyclic) bond motifs is 8. The van der Waals surface area contributed by atoms with Crippen molar-refractivity contribution in [1.82, 2.24) is 0 Å². The van der Waals surface area contributed by atoms with Gasteiger partial charge in [0.1, 0.15) is 0 Å². The zero-order valence-corrected chi connectivity index (χ0v) is 15.9. The highest BCUT2D eigenvalue weighted by atomic mass is 14.7. The average Bonchev–Trinajstić information content (AvgIpc) is 2.93. The van der Waals surface area contributed by atoms with E-state index in [1.807, 2.05) is 6.08 Å². The van der Waals surface area contributed by atoms with Crippen LogP contribution in [0, 0.1) is 0 Å². The first kappa shape index (κ1) is 16.7. The summed E-state index contributed by atoms with van der Waals surface area (Å²) < 4.78 is 0. The molecule has 134 valence electrons. The van der Waals surface area contributed by atoms with Crippen LogP contribution in [0.5, 0.6) is 0 Å². The van der Waals surface area contributed by atoms with E-state index in [0.29, 0.717) is 0 Å². The van der Waals surface area contributed by atoms with Gasteiger partial charge in [-0.15, -0.1) is 0 Å². The zero-order chi connectivity index (χ0) is 19.1. The van der Waals surface area contributed by atoms with Gasteiger partial charge in [-0.1, -0.05) is 91.5 Å². The fourth-order valence-electron chi connectivity index (χ4n) is 4.44. The molecule has 4 aromatic carbocycles. The van der Waals surface area contributed by atoms with E-state index in [0.717, 1.165) is 5.69 Å². The van der Waals surface area contributed by atoms with Crippen molar-refractivity contribution in [3.05, 3.63) is 103 Å². The molecule has 1 aliphatic rings. The van der Waals surface area contributed by atoms with E-state index in [-0.39, 0.29) is 5.92 Å². The van der Waals surface area contributed by atoms with E-state index in [1.54, 1.807) is 0 Å². The highest BCUT2D eigenvalue weighted by molar-refractivity contribution is 6.21. The molecule has 1 heterocycles. The van der Waals surface area contributed by atoms with E-state index in [1.165, 1.54) is 43.8 Å². The summed E-state index contributed by atoms with van der Waals surface area (Å²) >= 11 is 0. The Labute approximate surface area is 165 Å². The van der Waals surface area contributed by atoms with Crippen molar-refractivity contribution < 1.29 is 0 Å². The first-order valence-electron chi connectivity index (χ1n) is 9.69. The van der Waals surface area contributed by atoms with E-state index in [2.05, 4.69) is 98.6 Å². The van der Waals surface area contributed by atoms with Crippen LogP contribution >= 0.6 is 0 Å². The Hall–Kier alpha value is -3.45. The predicted octanol–water partition coefficient (Wildman–Crippen LogP) is 7.59. The smallest absolute Gasteiger partial charge is 0.0789 e. The average molecular weight is 359 g/mol. The molecule has 1 nitrogen and oxygen atoms in total. The second kappa shape index (κ2) is 6.61. The maximum atomic E-state index is 5.06. The fraction of sp³-hybridized carbons (Fsp3) is 0.0741. The summed E-state index contributed by atoms with van der Waals surface area (Å²) in [5.41, 5.74) is 5.99. The molecule has 4 aromatic rings. The van der Waals surface area contributed by atoms with Gasteiger partial charge in [0.2, 0.25) is 0 Å². The van der Waals surface area contributed by atoms with E-state index in [4.69, 9.17) is 4.99 Å². The Morgan fingerprint density at radius 1 is 0.821 bits per heavy atom. The van der Waals surface area contributed by atoms with Crippen molar-refractivity contribution in [1.29, 1.82) is 0 Å². The second-order valence-corrected chi connectivity index (χ2v) is 7.15. The van der Waals surface area contributed by atoms with E-state index < -0.39 is 0 Å². The lowest BCUT2D eigenvalue weighted by atomic mass is 9.84. The minimum Gasteiger partial charge on any atom is -0.259 e. The number of allylic oxidation sites excluding steroid dienone is 3.